The Labute approximate surface area is 182 Å². The van der Waals surface area contributed by atoms with Crippen molar-refractivity contribution in [1.29, 1.82) is 0 Å². The number of hydrogen-bond acceptors (Lipinski definition) is 4. The van der Waals surface area contributed by atoms with Crippen molar-refractivity contribution >= 4 is 29.1 Å². The molecule has 1 aliphatic heterocycles. The molecule has 1 heterocycles. The highest BCUT2D eigenvalue weighted by atomic mass is 35.5. The van der Waals surface area contributed by atoms with Gasteiger partial charge in [0.2, 0.25) is 0 Å². The highest BCUT2D eigenvalue weighted by Gasteiger charge is 2.51. The minimum atomic E-state index is -1.20. The van der Waals surface area contributed by atoms with Gasteiger partial charge in [-0.05, 0) is 84.1 Å². The van der Waals surface area contributed by atoms with Crippen molar-refractivity contribution in [3.63, 3.8) is 0 Å². The van der Waals surface area contributed by atoms with Crippen LogP contribution in [0.5, 0.6) is 0 Å². The molecule has 162 valence electrons. The van der Waals surface area contributed by atoms with Gasteiger partial charge in [-0.15, -0.1) is 4.72 Å². The number of nitrogens with one attached hydrogen (secondary N) is 1. The fourth-order valence-corrected chi connectivity index (χ4v) is 5.33. The Kier molecular flexibility index (Phi) is 6.23. The lowest BCUT2D eigenvalue weighted by Crippen LogP contribution is -2.51. The van der Waals surface area contributed by atoms with Crippen LogP contribution < -0.4 is 4.72 Å². The van der Waals surface area contributed by atoms with Crippen LogP contribution in [0.1, 0.15) is 71.6 Å². The summed E-state index contributed by atoms with van der Waals surface area (Å²) in [5, 5.41) is 0.695. The van der Waals surface area contributed by atoms with Crippen molar-refractivity contribution < 1.29 is 14.1 Å². The second-order valence-electron chi connectivity index (χ2n) is 10.3. The van der Waals surface area contributed by atoms with Gasteiger partial charge < -0.3 is 14.2 Å². The molecule has 1 aromatic carbocycles. The van der Waals surface area contributed by atoms with Gasteiger partial charge in [0, 0.05) is 34.9 Å². The first-order chi connectivity index (χ1) is 13.3. The normalized spacial score (nSPS) is 22.5. The summed E-state index contributed by atoms with van der Waals surface area (Å²) >= 11 is 5.10. The molecule has 0 aromatic heterocycles. The lowest BCUT2D eigenvalue weighted by atomic mass is 9.73. The number of fused-ring (bicyclic) bond motifs is 1. The third-order valence-corrected chi connectivity index (χ3v) is 7.56. The predicted octanol–water partition coefficient (Wildman–Crippen LogP) is 5.01. The van der Waals surface area contributed by atoms with E-state index in [1.54, 1.807) is 4.90 Å². The zero-order valence-electron chi connectivity index (χ0n) is 18.3. The highest BCUT2D eigenvalue weighted by molar-refractivity contribution is 7.90. The van der Waals surface area contributed by atoms with E-state index in [0.717, 1.165) is 24.8 Å². The van der Waals surface area contributed by atoms with Gasteiger partial charge in [-0.1, -0.05) is 17.7 Å². The molecule has 5 nitrogen and oxygen atoms in total. The minimum absolute atomic E-state index is 0.0444. The summed E-state index contributed by atoms with van der Waals surface area (Å²) in [6.45, 7) is 12.8. The number of hydrogen-bond donors (Lipinski definition) is 1. The minimum Gasteiger partial charge on any atom is -0.598 e. The summed E-state index contributed by atoms with van der Waals surface area (Å²) in [5.74, 6) is 0. The summed E-state index contributed by atoms with van der Waals surface area (Å²) in [4.78, 5) is 14.3. The molecule has 2 aliphatic rings. The molecular formula is C22H33ClN2O3S. The van der Waals surface area contributed by atoms with Gasteiger partial charge in [-0.2, -0.15) is 0 Å². The largest absolute Gasteiger partial charge is 0.598 e. The number of carbonyl (C=O) groups excluding carboxylic acids is 1. The van der Waals surface area contributed by atoms with Crippen LogP contribution >= 0.6 is 11.6 Å². The van der Waals surface area contributed by atoms with Gasteiger partial charge in [0.15, 0.2) is 0 Å². The molecule has 1 fully saturated rings. The van der Waals surface area contributed by atoms with Gasteiger partial charge in [-0.3, -0.25) is 0 Å². The summed E-state index contributed by atoms with van der Waals surface area (Å²) in [5.41, 5.74) is 1.82. The smallest absolute Gasteiger partial charge is 0.410 e. The molecule has 1 spiro atoms. The number of rotatable bonds is 2. The number of likely N-dealkylation sites (tertiary alicyclic amines) is 1. The number of piperidine rings is 1. The molecule has 0 bridgehead atoms. The van der Waals surface area contributed by atoms with Gasteiger partial charge in [-0.25, -0.2) is 4.79 Å². The van der Waals surface area contributed by atoms with E-state index in [-0.39, 0.29) is 22.3 Å². The molecular weight excluding hydrogens is 408 g/mol. The first-order valence-corrected chi connectivity index (χ1v) is 11.8. The van der Waals surface area contributed by atoms with Gasteiger partial charge in [0.1, 0.15) is 10.3 Å². The van der Waals surface area contributed by atoms with Crippen LogP contribution in [-0.4, -0.2) is 39.0 Å². The van der Waals surface area contributed by atoms with E-state index >= 15 is 0 Å². The molecule has 0 radical (unpaired) electrons. The van der Waals surface area contributed by atoms with E-state index in [0.29, 0.717) is 18.1 Å². The number of amides is 1. The summed E-state index contributed by atoms with van der Waals surface area (Å²) in [6.07, 6.45) is 2.31. The van der Waals surface area contributed by atoms with Crippen LogP contribution in [0.15, 0.2) is 18.2 Å². The Morgan fingerprint density at radius 1 is 1.24 bits per heavy atom. The fourth-order valence-electron chi connectivity index (χ4n) is 4.21. The average molecular weight is 441 g/mol. The lowest BCUT2D eigenvalue weighted by Gasteiger charge is -2.43. The monoisotopic (exact) mass is 440 g/mol. The lowest BCUT2D eigenvalue weighted by molar-refractivity contribution is 0.00716. The Morgan fingerprint density at radius 3 is 2.41 bits per heavy atom. The Hall–Kier alpha value is -0.950. The van der Waals surface area contributed by atoms with Gasteiger partial charge in [0.05, 0.1) is 6.04 Å². The Bertz CT molecular complexity index is 764. The van der Waals surface area contributed by atoms with E-state index in [4.69, 9.17) is 16.3 Å². The van der Waals surface area contributed by atoms with Crippen LogP contribution in [0.4, 0.5) is 4.79 Å². The maximum atomic E-state index is 13.0. The molecule has 1 aromatic rings. The topological polar surface area (TPSA) is 64.6 Å². The number of ether oxygens (including phenoxy) is 1. The van der Waals surface area contributed by atoms with Crippen LogP contribution in [0.2, 0.25) is 5.02 Å². The van der Waals surface area contributed by atoms with Crippen molar-refractivity contribution in [1.82, 2.24) is 9.62 Å². The number of nitrogens with zero attached hydrogens (tertiary/aromatic N) is 1. The summed E-state index contributed by atoms with van der Waals surface area (Å²) < 4.78 is 21.6. The molecule has 1 aliphatic carbocycles. The van der Waals surface area contributed by atoms with Crippen molar-refractivity contribution in [3.8, 4) is 0 Å². The van der Waals surface area contributed by atoms with Crippen molar-refractivity contribution in [2.24, 2.45) is 5.41 Å². The van der Waals surface area contributed by atoms with Crippen LogP contribution in [-0.2, 0) is 22.5 Å². The zero-order valence-corrected chi connectivity index (χ0v) is 19.9. The summed E-state index contributed by atoms with van der Waals surface area (Å²) in [6, 6.07) is 5.97. The summed E-state index contributed by atoms with van der Waals surface area (Å²) in [7, 11) is 0. The molecule has 0 saturated carbocycles. The van der Waals surface area contributed by atoms with Gasteiger partial charge in [0.25, 0.3) is 0 Å². The number of benzene rings is 1. The second-order valence-corrected chi connectivity index (χ2v) is 12.7. The van der Waals surface area contributed by atoms with Crippen LogP contribution in [0.25, 0.3) is 0 Å². The molecule has 2 atom stereocenters. The zero-order chi connectivity index (χ0) is 21.6. The standard InChI is InChI=1S/C22H33ClN2O3S/c1-20(2,3)28-19(26)25-11-9-22(10-12-25)14-15-7-8-16(23)13-17(15)18(22)24-29(27)21(4,5)6/h7-8,13,18,24H,9-12,14H2,1-6H3/t18-,29-/m0/s1. The highest BCUT2D eigenvalue weighted by Crippen LogP contribution is 2.53. The van der Waals surface area contributed by atoms with E-state index in [2.05, 4.69) is 10.8 Å². The maximum absolute atomic E-state index is 13.0. The second kappa shape index (κ2) is 7.95. The average Bonchev–Trinajstić information content (AvgIpc) is 2.86. The van der Waals surface area contributed by atoms with E-state index in [9.17, 15) is 9.35 Å². The molecule has 3 rings (SSSR count). The molecule has 1 saturated heterocycles. The molecule has 1 N–H and O–H groups in total. The SMILES string of the molecule is CC(C)(C)OC(=O)N1CCC2(CC1)Cc1ccc(Cl)cc1[C@@H]2N[S@@+]([O-])C(C)(C)C. The maximum Gasteiger partial charge on any atom is 0.410 e. The molecule has 29 heavy (non-hydrogen) atoms. The van der Waals surface area contributed by atoms with Crippen molar-refractivity contribution in [3.05, 3.63) is 34.3 Å². The van der Waals surface area contributed by atoms with Gasteiger partial charge >= 0.3 is 6.09 Å². The number of carbonyl (C=O) groups is 1. The third-order valence-electron chi connectivity index (χ3n) is 5.77. The van der Waals surface area contributed by atoms with E-state index in [1.165, 1.54) is 5.56 Å². The van der Waals surface area contributed by atoms with E-state index < -0.39 is 17.0 Å². The third kappa shape index (κ3) is 5.04. The van der Waals surface area contributed by atoms with Crippen molar-refractivity contribution in [2.75, 3.05) is 13.1 Å². The Morgan fingerprint density at radius 2 is 1.86 bits per heavy atom. The van der Waals surface area contributed by atoms with Crippen LogP contribution in [0, 0.1) is 5.41 Å². The Balaban J connectivity index is 1.81. The van der Waals surface area contributed by atoms with Crippen LogP contribution in [0.3, 0.4) is 0 Å². The van der Waals surface area contributed by atoms with E-state index in [1.807, 2.05) is 53.7 Å². The first kappa shape index (κ1) is 22.7. The molecule has 1 amide bonds. The predicted molar refractivity (Wildman–Crippen MR) is 118 cm³/mol. The van der Waals surface area contributed by atoms with Crippen molar-refractivity contribution in [2.45, 2.75) is 77.2 Å². The molecule has 7 heteroatoms. The fraction of sp³-hybridized carbons (Fsp3) is 0.682. The quantitative estimate of drug-likeness (QED) is 0.656. The first-order valence-electron chi connectivity index (χ1n) is 10.3. The molecule has 0 unspecified atom stereocenters. The number of halogens is 1.